The van der Waals surface area contributed by atoms with Crippen molar-refractivity contribution in [1.29, 1.82) is 0 Å². The molecule has 3 nitrogen and oxygen atoms in total. The highest BCUT2D eigenvalue weighted by atomic mass is 31.2. The van der Waals surface area contributed by atoms with Crippen molar-refractivity contribution in [2.45, 2.75) is 57.3 Å². The Morgan fingerprint density at radius 3 is 1.70 bits per heavy atom. The Labute approximate surface area is 240 Å². The van der Waals surface area contributed by atoms with Gasteiger partial charge < -0.3 is 14.2 Å². The zero-order chi connectivity index (χ0) is 27.6. The summed E-state index contributed by atoms with van der Waals surface area (Å²) in [5, 5.41) is 4.06. The fourth-order valence-electron chi connectivity index (χ4n) is 6.14. The minimum atomic E-state index is -2.20. The van der Waals surface area contributed by atoms with Gasteiger partial charge in [-0.2, -0.15) is 0 Å². The van der Waals surface area contributed by atoms with Crippen LogP contribution in [-0.4, -0.2) is 31.8 Å². The van der Waals surface area contributed by atoms with Crippen molar-refractivity contribution in [2.75, 3.05) is 13.7 Å². The van der Waals surface area contributed by atoms with Gasteiger partial charge in [0.1, 0.15) is 23.2 Å². The van der Waals surface area contributed by atoms with Gasteiger partial charge in [0.05, 0.1) is 18.8 Å². The maximum absolute atomic E-state index is 7.32. The van der Waals surface area contributed by atoms with E-state index in [1.54, 1.807) is 7.11 Å². The lowest BCUT2D eigenvalue weighted by atomic mass is 9.90. The Kier molecular flexibility index (Phi) is 10.2. The van der Waals surface area contributed by atoms with E-state index in [0.29, 0.717) is 12.5 Å². The molecule has 4 atom stereocenters. The molecule has 1 aliphatic heterocycles. The molecule has 208 valence electrons. The average Bonchev–Trinajstić information content (AvgIpc) is 3.02. The van der Waals surface area contributed by atoms with E-state index >= 15 is 0 Å². The summed E-state index contributed by atoms with van der Waals surface area (Å²) >= 11 is 0. The standard InChI is InChI=1S/C36H42O3P/c1-29-34(25-15-16-26-37-2)39-36(27-35(29)38-28-30-17-7-3-8-18-30)40(31-19-9-4-10-20-31,32-21-11-5-12-22-32)33-23-13-6-14-24-33/h3-14,17-24,29,34-36H,15-16,25-28H2,1-2H3/q+1/t29-,34+,35-,36?/m0/s1. The number of benzene rings is 4. The molecule has 40 heavy (non-hydrogen) atoms. The molecule has 1 saturated heterocycles. The fraction of sp³-hybridized carbons (Fsp3) is 0.333. The van der Waals surface area contributed by atoms with Gasteiger partial charge in [-0.3, -0.25) is 0 Å². The predicted octanol–water partition coefficient (Wildman–Crippen LogP) is 7.13. The molecule has 0 bridgehead atoms. The highest BCUT2D eigenvalue weighted by molar-refractivity contribution is 7.96. The minimum Gasteiger partial charge on any atom is -0.385 e. The molecule has 4 aromatic rings. The van der Waals surface area contributed by atoms with Gasteiger partial charge in [0, 0.05) is 26.1 Å². The Bertz CT molecular complexity index is 1170. The molecule has 0 aliphatic carbocycles. The Morgan fingerprint density at radius 1 is 0.700 bits per heavy atom. The maximum Gasteiger partial charge on any atom is 0.184 e. The molecule has 0 spiro atoms. The predicted molar refractivity (Wildman–Crippen MR) is 168 cm³/mol. The first-order chi connectivity index (χ1) is 19.7. The maximum atomic E-state index is 7.32. The lowest BCUT2D eigenvalue weighted by molar-refractivity contribution is -0.131. The first-order valence-electron chi connectivity index (χ1n) is 14.6. The number of unbranched alkanes of at least 4 members (excludes halogenated alkanes) is 1. The van der Waals surface area contributed by atoms with Crippen molar-refractivity contribution >= 4 is 23.2 Å². The SMILES string of the molecule is COCCCC[C@H]1OC([P+](c2ccccc2)(c2ccccc2)c2ccccc2)C[C@H](OCc2ccccc2)[C@H]1C. The van der Waals surface area contributed by atoms with Crippen molar-refractivity contribution in [2.24, 2.45) is 5.92 Å². The molecule has 1 heterocycles. The fourth-order valence-corrected chi connectivity index (χ4v) is 10.8. The van der Waals surface area contributed by atoms with Gasteiger partial charge in [0.2, 0.25) is 0 Å². The van der Waals surface area contributed by atoms with Crippen LogP contribution in [0.2, 0.25) is 0 Å². The summed E-state index contributed by atoms with van der Waals surface area (Å²) in [6.45, 7) is 3.72. The Morgan fingerprint density at radius 2 is 1.20 bits per heavy atom. The average molecular weight is 554 g/mol. The number of ether oxygens (including phenoxy) is 3. The van der Waals surface area contributed by atoms with Gasteiger partial charge in [-0.25, -0.2) is 0 Å². The first-order valence-corrected chi connectivity index (χ1v) is 16.4. The highest BCUT2D eigenvalue weighted by Gasteiger charge is 2.57. The zero-order valence-corrected chi connectivity index (χ0v) is 24.7. The van der Waals surface area contributed by atoms with Gasteiger partial charge >= 0.3 is 0 Å². The zero-order valence-electron chi connectivity index (χ0n) is 23.8. The third-order valence-corrected chi connectivity index (χ3v) is 12.8. The normalized spacial score (nSPS) is 21.2. The first kappa shape index (κ1) is 28.7. The molecule has 0 N–H and O–H groups in total. The van der Waals surface area contributed by atoms with E-state index in [1.165, 1.54) is 21.5 Å². The second-order valence-electron chi connectivity index (χ2n) is 10.8. The molecule has 5 rings (SSSR count). The van der Waals surface area contributed by atoms with Crippen LogP contribution in [0.1, 0.15) is 38.2 Å². The number of methoxy groups -OCH3 is 1. The Hall–Kier alpha value is -2.81. The van der Waals surface area contributed by atoms with E-state index in [0.717, 1.165) is 32.3 Å². The summed E-state index contributed by atoms with van der Waals surface area (Å²) in [5.41, 5.74) is 1.21. The summed E-state index contributed by atoms with van der Waals surface area (Å²) in [7, 11) is -0.418. The molecule has 4 aromatic carbocycles. The molecule has 0 aromatic heterocycles. The van der Waals surface area contributed by atoms with E-state index in [-0.39, 0.29) is 18.1 Å². The van der Waals surface area contributed by atoms with Crippen LogP contribution in [0.5, 0.6) is 0 Å². The summed E-state index contributed by atoms with van der Waals surface area (Å²) in [4.78, 5) is 0. The molecule has 0 amide bonds. The topological polar surface area (TPSA) is 27.7 Å². The third-order valence-electron chi connectivity index (χ3n) is 8.26. The van der Waals surface area contributed by atoms with Crippen molar-refractivity contribution in [3.8, 4) is 0 Å². The van der Waals surface area contributed by atoms with E-state index in [4.69, 9.17) is 14.2 Å². The summed E-state index contributed by atoms with van der Waals surface area (Å²) < 4.78 is 19.5. The monoisotopic (exact) mass is 553 g/mol. The van der Waals surface area contributed by atoms with E-state index < -0.39 is 7.26 Å². The minimum absolute atomic E-state index is 0.00379. The van der Waals surface area contributed by atoms with Crippen molar-refractivity contribution < 1.29 is 14.2 Å². The third kappa shape index (κ3) is 6.40. The van der Waals surface area contributed by atoms with Crippen LogP contribution in [0.25, 0.3) is 0 Å². The second-order valence-corrected chi connectivity index (χ2v) is 14.3. The molecule has 4 heteroatoms. The molecule has 1 fully saturated rings. The number of hydrogen-bond donors (Lipinski definition) is 0. The lowest BCUT2D eigenvalue weighted by Crippen LogP contribution is -2.50. The van der Waals surface area contributed by atoms with Crippen LogP contribution < -0.4 is 15.9 Å². The van der Waals surface area contributed by atoms with Crippen molar-refractivity contribution in [3.63, 3.8) is 0 Å². The molecule has 1 aliphatic rings. The van der Waals surface area contributed by atoms with Gasteiger partial charge in [0.25, 0.3) is 0 Å². The van der Waals surface area contributed by atoms with Gasteiger partial charge in [-0.1, -0.05) is 91.9 Å². The summed E-state index contributed by atoms with van der Waals surface area (Å²) in [5.74, 6) is 0.302. The van der Waals surface area contributed by atoms with Crippen molar-refractivity contribution in [1.82, 2.24) is 0 Å². The van der Waals surface area contributed by atoms with Gasteiger partial charge in [-0.05, 0) is 61.2 Å². The van der Waals surface area contributed by atoms with Crippen LogP contribution in [0.3, 0.4) is 0 Å². The molecule has 0 saturated carbocycles. The quantitative estimate of drug-likeness (QED) is 0.138. The number of hydrogen-bond acceptors (Lipinski definition) is 3. The summed E-state index contributed by atoms with van der Waals surface area (Å²) in [6, 6.07) is 43.8. The van der Waals surface area contributed by atoms with Gasteiger partial charge in [0.15, 0.2) is 5.85 Å². The molecule has 0 radical (unpaired) electrons. The summed E-state index contributed by atoms with van der Waals surface area (Å²) in [6.07, 6.45) is 4.20. The van der Waals surface area contributed by atoms with Crippen molar-refractivity contribution in [3.05, 3.63) is 127 Å². The molecular weight excluding hydrogens is 511 g/mol. The second kappa shape index (κ2) is 14.2. The molecular formula is C36H42O3P+. The van der Waals surface area contributed by atoms with Crippen LogP contribution in [0.4, 0.5) is 0 Å². The Balaban J connectivity index is 1.58. The van der Waals surface area contributed by atoms with Crippen LogP contribution >= 0.6 is 7.26 Å². The van der Waals surface area contributed by atoms with Crippen LogP contribution in [-0.2, 0) is 20.8 Å². The largest absolute Gasteiger partial charge is 0.385 e. The van der Waals surface area contributed by atoms with Crippen LogP contribution in [0.15, 0.2) is 121 Å². The van der Waals surface area contributed by atoms with E-state index in [9.17, 15) is 0 Å². The van der Waals surface area contributed by atoms with Gasteiger partial charge in [-0.15, -0.1) is 0 Å². The highest BCUT2D eigenvalue weighted by Crippen LogP contribution is 2.63. The molecule has 1 unspecified atom stereocenters. The lowest BCUT2D eigenvalue weighted by Gasteiger charge is -2.44. The van der Waals surface area contributed by atoms with E-state index in [2.05, 4.69) is 128 Å². The van der Waals surface area contributed by atoms with Crippen LogP contribution in [0, 0.1) is 5.92 Å². The number of rotatable bonds is 12. The van der Waals surface area contributed by atoms with E-state index in [1.807, 2.05) is 0 Å². The smallest absolute Gasteiger partial charge is 0.184 e.